The van der Waals surface area contributed by atoms with Gasteiger partial charge in [0.25, 0.3) is 0 Å². The number of nitrogens with one attached hydrogen (secondary N) is 1. The fourth-order valence-corrected chi connectivity index (χ4v) is 1.82. The van der Waals surface area contributed by atoms with Crippen molar-refractivity contribution in [2.75, 3.05) is 33.4 Å². The summed E-state index contributed by atoms with van der Waals surface area (Å²) < 4.78 is 10.9. The van der Waals surface area contributed by atoms with Gasteiger partial charge in [0.2, 0.25) is 0 Å². The van der Waals surface area contributed by atoms with Gasteiger partial charge in [-0.1, -0.05) is 13.8 Å². The molecule has 1 aromatic heterocycles. The van der Waals surface area contributed by atoms with Crippen LogP contribution in [0.15, 0.2) is 16.7 Å². The second-order valence-corrected chi connectivity index (χ2v) is 5.38. The third-order valence-corrected chi connectivity index (χ3v) is 2.84. The first-order chi connectivity index (χ1) is 9.11. The highest BCUT2D eigenvalue weighted by Crippen LogP contribution is 2.10. The zero-order valence-electron chi connectivity index (χ0n) is 12.7. The van der Waals surface area contributed by atoms with Crippen LogP contribution in [0, 0.1) is 5.92 Å². The van der Waals surface area contributed by atoms with Crippen molar-refractivity contribution < 1.29 is 9.15 Å². The van der Waals surface area contributed by atoms with Gasteiger partial charge in [0.05, 0.1) is 19.4 Å². The molecule has 0 aliphatic heterocycles. The Morgan fingerprint density at radius 1 is 1.42 bits per heavy atom. The molecule has 0 aliphatic rings. The van der Waals surface area contributed by atoms with E-state index >= 15 is 0 Å². The third kappa shape index (κ3) is 7.35. The van der Waals surface area contributed by atoms with Crippen LogP contribution in [0.5, 0.6) is 0 Å². The van der Waals surface area contributed by atoms with Gasteiger partial charge in [-0.2, -0.15) is 0 Å². The first kappa shape index (κ1) is 16.2. The van der Waals surface area contributed by atoms with Crippen LogP contribution >= 0.6 is 0 Å². The molecule has 0 unspecified atom stereocenters. The van der Waals surface area contributed by atoms with Crippen LogP contribution in [0.1, 0.15) is 32.1 Å². The van der Waals surface area contributed by atoms with E-state index in [1.807, 2.05) is 13.2 Å². The molecule has 0 atom stereocenters. The lowest BCUT2D eigenvalue weighted by Gasteiger charge is -2.14. The third-order valence-electron chi connectivity index (χ3n) is 2.84. The summed E-state index contributed by atoms with van der Waals surface area (Å²) in [6.07, 6.45) is 1.85. The van der Waals surface area contributed by atoms with Crippen LogP contribution in [0.25, 0.3) is 0 Å². The molecule has 0 fully saturated rings. The van der Waals surface area contributed by atoms with Gasteiger partial charge in [0.15, 0.2) is 0 Å². The van der Waals surface area contributed by atoms with Gasteiger partial charge in [0.1, 0.15) is 5.76 Å². The Hall–Kier alpha value is -0.840. The summed E-state index contributed by atoms with van der Waals surface area (Å²) in [6, 6.07) is 2.13. The molecule has 1 heterocycles. The van der Waals surface area contributed by atoms with Crippen molar-refractivity contribution in [3.8, 4) is 0 Å². The molecule has 0 saturated heterocycles. The number of hydrogen-bond acceptors (Lipinski definition) is 4. The number of furan rings is 1. The standard InChI is InChI=1S/C15H28N2O2/c1-5-18-7-6-17(4)11-15-8-14(12-19-15)10-16-9-13(2)3/h8,12-13,16H,5-7,9-11H2,1-4H3. The summed E-state index contributed by atoms with van der Waals surface area (Å²) in [5.74, 6) is 1.69. The molecule has 0 radical (unpaired) electrons. The monoisotopic (exact) mass is 268 g/mol. The first-order valence-electron chi connectivity index (χ1n) is 7.15. The van der Waals surface area contributed by atoms with Crippen molar-refractivity contribution in [1.82, 2.24) is 10.2 Å². The summed E-state index contributed by atoms with van der Waals surface area (Å²) in [6.45, 7) is 11.7. The molecule has 0 bridgehead atoms. The Balaban J connectivity index is 2.25. The smallest absolute Gasteiger partial charge is 0.118 e. The van der Waals surface area contributed by atoms with Crippen molar-refractivity contribution in [3.63, 3.8) is 0 Å². The molecule has 4 nitrogen and oxygen atoms in total. The summed E-state index contributed by atoms with van der Waals surface area (Å²) >= 11 is 0. The van der Waals surface area contributed by atoms with Gasteiger partial charge in [-0.05, 0) is 32.5 Å². The fraction of sp³-hybridized carbons (Fsp3) is 0.733. The number of nitrogens with zero attached hydrogens (tertiary/aromatic N) is 1. The summed E-state index contributed by atoms with van der Waals surface area (Å²) in [5.41, 5.74) is 1.22. The zero-order valence-corrected chi connectivity index (χ0v) is 12.7. The minimum absolute atomic E-state index is 0.677. The number of ether oxygens (including phenoxy) is 1. The summed E-state index contributed by atoms with van der Waals surface area (Å²) in [4.78, 5) is 2.21. The van der Waals surface area contributed by atoms with Gasteiger partial charge < -0.3 is 14.5 Å². The Bertz CT molecular complexity index is 337. The van der Waals surface area contributed by atoms with E-state index in [-0.39, 0.29) is 0 Å². The molecular formula is C15H28N2O2. The summed E-state index contributed by atoms with van der Waals surface area (Å²) in [7, 11) is 2.08. The van der Waals surface area contributed by atoms with E-state index in [4.69, 9.17) is 9.15 Å². The molecule has 0 amide bonds. The highest BCUT2D eigenvalue weighted by atomic mass is 16.5. The Labute approximate surface area is 117 Å². The van der Waals surface area contributed by atoms with Gasteiger partial charge >= 0.3 is 0 Å². The van der Waals surface area contributed by atoms with Crippen LogP contribution in [0.4, 0.5) is 0 Å². The van der Waals surface area contributed by atoms with Crippen LogP contribution in [-0.2, 0) is 17.8 Å². The van der Waals surface area contributed by atoms with Crippen LogP contribution in [0.2, 0.25) is 0 Å². The van der Waals surface area contributed by atoms with Gasteiger partial charge in [-0.25, -0.2) is 0 Å². The predicted octanol–water partition coefficient (Wildman–Crippen LogP) is 2.49. The maximum atomic E-state index is 5.58. The molecular weight excluding hydrogens is 240 g/mol. The lowest BCUT2D eigenvalue weighted by atomic mass is 10.2. The van der Waals surface area contributed by atoms with Crippen molar-refractivity contribution in [3.05, 3.63) is 23.7 Å². The van der Waals surface area contributed by atoms with Crippen molar-refractivity contribution in [2.24, 2.45) is 5.92 Å². The van der Waals surface area contributed by atoms with Crippen LogP contribution in [0.3, 0.4) is 0 Å². The number of likely N-dealkylation sites (N-methyl/N-ethyl adjacent to an activating group) is 1. The van der Waals surface area contributed by atoms with E-state index in [2.05, 4.69) is 37.2 Å². The lowest BCUT2D eigenvalue weighted by Crippen LogP contribution is -2.22. The van der Waals surface area contributed by atoms with E-state index in [1.165, 1.54) is 5.56 Å². The van der Waals surface area contributed by atoms with Crippen LogP contribution < -0.4 is 5.32 Å². The number of rotatable bonds is 10. The number of hydrogen-bond donors (Lipinski definition) is 1. The second-order valence-electron chi connectivity index (χ2n) is 5.38. The largest absolute Gasteiger partial charge is 0.468 e. The molecule has 1 rings (SSSR count). The Morgan fingerprint density at radius 2 is 2.21 bits per heavy atom. The molecule has 0 aromatic carbocycles. The predicted molar refractivity (Wildman–Crippen MR) is 78.1 cm³/mol. The quantitative estimate of drug-likeness (QED) is 0.662. The van der Waals surface area contributed by atoms with Crippen LogP contribution in [-0.4, -0.2) is 38.3 Å². The average Bonchev–Trinajstić information content (AvgIpc) is 2.76. The highest BCUT2D eigenvalue weighted by Gasteiger charge is 2.05. The second kappa shape index (κ2) is 9.13. The highest BCUT2D eigenvalue weighted by molar-refractivity contribution is 5.12. The van der Waals surface area contributed by atoms with Gasteiger partial charge in [-0.3, -0.25) is 4.90 Å². The molecule has 19 heavy (non-hydrogen) atoms. The van der Waals surface area contributed by atoms with E-state index in [0.717, 1.165) is 45.2 Å². The van der Waals surface area contributed by atoms with E-state index in [9.17, 15) is 0 Å². The van der Waals surface area contributed by atoms with Crippen molar-refractivity contribution in [2.45, 2.75) is 33.9 Å². The molecule has 4 heteroatoms. The van der Waals surface area contributed by atoms with E-state index < -0.39 is 0 Å². The minimum atomic E-state index is 0.677. The van der Waals surface area contributed by atoms with Crippen molar-refractivity contribution in [1.29, 1.82) is 0 Å². The molecule has 0 spiro atoms. The minimum Gasteiger partial charge on any atom is -0.468 e. The molecule has 1 N–H and O–H groups in total. The molecule has 0 aliphatic carbocycles. The van der Waals surface area contributed by atoms with E-state index in [1.54, 1.807) is 0 Å². The topological polar surface area (TPSA) is 37.6 Å². The van der Waals surface area contributed by atoms with E-state index in [0.29, 0.717) is 5.92 Å². The normalized spacial score (nSPS) is 11.7. The lowest BCUT2D eigenvalue weighted by molar-refractivity contribution is 0.118. The summed E-state index contributed by atoms with van der Waals surface area (Å²) in [5, 5.41) is 3.42. The Morgan fingerprint density at radius 3 is 2.89 bits per heavy atom. The van der Waals surface area contributed by atoms with Gasteiger partial charge in [0, 0.05) is 25.3 Å². The van der Waals surface area contributed by atoms with Crippen molar-refractivity contribution >= 4 is 0 Å². The molecule has 1 aromatic rings. The zero-order chi connectivity index (χ0) is 14.1. The first-order valence-corrected chi connectivity index (χ1v) is 7.15. The fourth-order valence-electron chi connectivity index (χ4n) is 1.82. The maximum absolute atomic E-state index is 5.58. The molecule has 110 valence electrons. The van der Waals surface area contributed by atoms with Gasteiger partial charge in [-0.15, -0.1) is 0 Å². The maximum Gasteiger partial charge on any atom is 0.118 e. The Kier molecular flexibility index (Phi) is 7.79. The average molecular weight is 268 g/mol. The molecule has 0 saturated carbocycles. The SMILES string of the molecule is CCOCCN(C)Cc1cc(CNCC(C)C)co1.